The Morgan fingerprint density at radius 1 is 1.70 bits per heavy atom. The number of fused-ring (bicyclic) bond motifs is 1. The minimum absolute atomic E-state index is 0.209. The zero-order valence-electron chi connectivity index (χ0n) is 11.0. The number of pyridine rings is 1. The van der Waals surface area contributed by atoms with Gasteiger partial charge in [0.05, 0.1) is 5.03 Å². The molecule has 0 aliphatic carbocycles. The molecule has 7 heteroatoms. The van der Waals surface area contributed by atoms with Gasteiger partial charge in [0.1, 0.15) is 17.2 Å². The van der Waals surface area contributed by atoms with Crippen LogP contribution in [0.15, 0.2) is 33.8 Å². The lowest BCUT2D eigenvalue weighted by Crippen LogP contribution is -2.22. The van der Waals surface area contributed by atoms with Crippen LogP contribution in [0.25, 0.3) is 0 Å². The van der Waals surface area contributed by atoms with E-state index in [0.29, 0.717) is 30.2 Å². The van der Waals surface area contributed by atoms with Gasteiger partial charge in [-0.15, -0.1) is 0 Å². The lowest BCUT2D eigenvalue weighted by atomic mass is 10.1. The molecule has 0 amide bonds. The Morgan fingerprint density at radius 3 is 3.05 bits per heavy atom. The minimum Gasteiger partial charge on any atom is -0.477 e. The zero-order valence-corrected chi connectivity index (χ0v) is 11.8. The highest BCUT2D eigenvalue weighted by atomic mass is 32.2. The van der Waals surface area contributed by atoms with Crippen molar-refractivity contribution in [2.45, 2.75) is 24.9 Å². The van der Waals surface area contributed by atoms with Crippen molar-refractivity contribution in [3.8, 4) is 0 Å². The largest absolute Gasteiger partial charge is 0.477 e. The molecule has 1 aliphatic rings. The number of nitrogens with zero attached hydrogens (tertiary/aromatic N) is 2. The Bertz CT molecular complexity index is 649. The van der Waals surface area contributed by atoms with Crippen LogP contribution in [0.4, 0.5) is 0 Å². The summed E-state index contributed by atoms with van der Waals surface area (Å²) in [6, 6.07) is 0. The second kappa shape index (κ2) is 5.96. The highest BCUT2D eigenvalue weighted by molar-refractivity contribution is 8.14. The van der Waals surface area contributed by atoms with E-state index < -0.39 is 11.4 Å². The molecule has 0 bridgehead atoms. The third-order valence-electron chi connectivity index (χ3n) is 2.80. The molecule has 0 atom stereocenters. The van der Waals surface area contributed by atoms with Crippen molar-refractivity contribution >= 4 is 22.8 Å². The van der Waals surface area contributed by atoms with Gasteiger partial charge in [-0.1, -0.05) is 29.6 Å². The Balaban J connectivity index is 2.42. The van der Waals surface area contributed by atoms with Gasteiger partial charge >= 0.3 is 5.97 Å². The number of carboxylic acids is 1. The van der Waals surface area contributed by atoms with Gasteiger partial charge in [0, 0.05) is 24.7 Å². The van der Waals surface area contributed by atoms with Crippen molar-refractivity contribution in [2.24, 2.45) is 5.16 Å². The summed E-state index contributed by atoms with van der Waals surface area (Å²) in [5.74, 6) is -1.21. The molecule has 1 aromatic rings. The average molecular weight is 294 g/mol. The van der Waals surface area contributed by atoms with Crippen LogP contribution in [0.2, 0.25) is 0 Å². The topological polar surface area (TPSA) is 80.9 Å². The molecule has 1 aliphatic heterocycles. The van der Waals surface area contributed by atoms with Crippen LogP contribution < -0.4 is 5.43 Å². The molecule has 2 heterocycles. The van der Waals surface area contributed by atoms with E-state index in [1.54, 1.807) is 10.6 Å². The van der Waals surface area contributed by atoms with E-state index >= 15 is 0 Å². The van der Waals surface area contributed by atoms with E-state index in [-0.39, 0.29) is 5.56 Å². The number of hydrogen-bond donors (Lipinski definition) is 1. The molecular weight excluding hydrogens is 280 g/mol. The molecule has 2 rings (SSSR count). The molecule has 20 heavy (non-hydrogen) atoms. The fourth-order valence-electron chi connectivity index (χ4n) is 1.88. The molecule has 0 fully saturated rings. The Hall–Kier alpha value is -2.02. The summed E-state index contributed by atoms with van der Waals surface area (Å²) in [5, 5.41) is 14.4. The third kappa shape index (κ3) is 2.62. The highest BCUT2D eigenvalue weighted by Crippen LogP contribution is 2.32. The average Bonchev–Trinajstić information content (AvgIpc) is 2.84. The van der Waals surface area contributed by atoms with Crippen molar-refractivity contribution in [1.82, 2.24) is 4.57 Å². The van der Waals surface area contributed by atoms with Crippen LogP contribution in [-0.4, -0.2) is 27.3 Å². The molecule has 6 nitrogen and oxygen atoms in total. The summed E-state index contributed by atoms with van der Waals surface area (Å²) in [5.41, 5.74) is -0.184. The van der Waals surface area contributed by atoms with Gasteiger partial charge < -0.3 is 14.5 Å². The van der Waals surface area contributed by atoms with Gasteiger partial charge in [0.25, 0.3) is 0 Å². The van der Waals surface area contributed by atoms with Crippen molar-refractivity contribution in [2.75, 3.05) is 6.61 Å². The molecule has 0 saturated carbocycles. The quantitative estimate of drug-likeness (QED) is 0.508. The number of thioether (sulfide) groups is 1. The first-order valence-electron chi connectivity index (χ1n) is 6.05. The maximum absolute atomic E-state index is 12.1. The molecular formula is C13H14N2O4S. The van der Waals surface area contributed by atoms with Crippen LogP contribution in [0.5, 0.6) is 0 Å². The first-order chi connectivity index (χ1) is 9.58. The second-order valence-electron chi connectivity index (χ2n) is 4.10. The van der Waals surface area contributed by atoms with Crippen LogP contribution >= 0.6 is 11.8 Å². The van der Waals surface area contributed by atoms with Crippen molar-refractivity contribution < 1.29 is 14.7 Å². The molecule has 0 saturated heterocycles. The smallest absolute Gasteiger partial charge is 0.341 e. The van der Waals surface area contributed by atoms with E-state index in [9.17, 15) is 9.59 Å². The number of rotatable bonds is 5. The van der Waals surface area contributed by atoms with Crippen molar-refractivity contribution in [3.63, 3.8) is 0 Å². The van der Waals surface area contributed by atoms with Gasteiger partial charge in [-0.3, -0.25) is 4.79 Å². The summed E-state index contributed by atoms with van der Waals surface area (Å²) >= 11 is 1.33. The van der Waals surface area contributed by atoms with Crippen LogP contribution in [0.3, 0.4) is 0 Å². The Morgan fingerprint density at radius 2 is 2.45 bits per heavy atom. The van der Waals surface area contributed by atoms with E-state index in [0.717, 1.165) is 5.03 Å². The summed E-state index contributed by atoms with van der Waals surface area (Å²) < 4.78 is 1.75. The van der Waals surface area contributed by atoms with Gasteiger partial charge in [-0.25, -0.2) is 4.79 Å². The van der Waals surface area contributed by atoms with Gasteiger partial charge in [-0.05, 0) is 6.92 Å². The number of aromatic nitrogens is 1. The second-order valence-corrected chi connectivity index (χ2v) is 5.16. The van der Waals surface area contributed by atoms with E-state index in [2.05, 4.69) is 11.7 Å². The van der Waals surface area contributed by atoms with E-state index in [4.69, 9.17) is 9.94 Å². The fraction of sp³-hybridized carbons (Fsp3) is 0.308. The van der Waals surface area contributed by atoms with Crippen LogP contribution in [0.1, 0.15) is 22.8 Å². The maximum atomic E-state index is 12.1. The van der Waals surface area contributed by atoms with Gasteiger partial charge in [-0.2, -0.15) is 0 Å². The minimum atomic E-state index is -1.21. The predicted octanol–water partition coefficient (Wildman–Crippen LogP) is 1.73. The summed E-state index contributed by atoms with van der Waals surface area (Å²) in [7, 11) is 0. The Kier molecular flexibility index (Phi) is 4.29. The molecule has 0 aromatic carbocycles. The highest BCUT2D eigenvalue weighted by Gasteiger charge is 2.27. The summed E-state index contributed by atoms with van der Waals surface area (Å²) in [6.07, 6.45) is 3.26. The maximum Gasteiger partial charge on any atom is 0.341 e. The number of aromatic carboxylic acids is 1. The monoisotopic (exact) mass is 294 g/mol. The number of oxime groups is 1. The third-order valence-corrected chi connectivity index (χ3v) is 3.92. The molecule has 1 aromatic heterocycles. The van der Waals surface area contributed by atoms with Gasteiger partial charge in [0.15, 0.2) is 0 Å². The molecule has 1 N–H and O–H groups in total. The number of carboxylic acid groups (broad SMARTS) is 1. The standard InChI is InChI=1S/C13H14N2O4S/c1-3-5-19-14-10-6-8-11(16)9(13(17)18)7-15(4-2)12(8)20-10/h3,7H,1,4-6H2,2H3,(H,17,18). The first kappa shape index (κ1) is 14.4. The SMILES string of the molecule is C=CCON=C1Cc2c(n(CC)cc(C(=O)O)c2=O)S1. The normalized spacial score (nSPS) is 15.2. The summed E-state index contributed by atoms with van der Waals surface area (Å²) in [6.45, 7) is 6.28. The molecule has 0 spiro atoms. The fourth-order valence-corrected chi connectivity index (χ4v) is 3.00. The zero-order chi connectivity index (χ0) is 14.7. The molecule has 0 unspecified atom stereocenters. The first-order valence-corrected chi connectivity index (χ1v) is 6.87. The predicted molar refractivity (Wildman–Crippen MR) is 76.5 cm³/mol. The number of carbonyl (C=O) groups is 1. The number of aryl methyl sites for hydroxylation is 1. The van der Waals surface area contributed by atoms with Crippen molar-refractivity contribution in [1.29, 1.82) is 0 Å². The molecule has 0 radical (unpaired) electrons. The Labute approximate surface area is 119 Å². The van der Waals surface area contributed by atoms with Crippen molar-refractivity contribution in [3.05, 3.63) is 40.2 Å². The number of hydrogen-bond acceptors (Lipinski definition) is 5. The lowest BCUT2D eigenvalue weighted by Gasteiger charge is -2.09. The lowest BCUT2D eigenvalue weighted by molar-refractivity contribution is 0.0694. The molecule has 106 valence electrons. The van der Waals surface area contributed by atoms with Crippen LogP contribution in [0, 0.1) is 0 Å². The van der Waals surface area contributed by atoms with Crippen LogP contribution in [-0.2, 0) is 17.8 Å². The van der Waals surface area contributed by atoms with E-state index in [1.165, 1.54) is 18.0 Å². The van der Waals surface area contributed by atoms with Gasteiger partial charge in [0.2, 0.25) is 5.43 Å². The summed E-state index contributed by atoms with van der Waals surface area (Å²) in [4.78, 5) is 28.2. The van der Waals surface area contributed by atoms with E-state index in [1.807, 2.05) is 6.92 Å².